The predicted molar refractivity (Wildman–Crippen MR) is 72.3 cm³/mol. The summed E-state index contributed by atoms with van der Waals surface area (Å²) >= 11 is 3.23. The first-order valence-corrected chi connectivity index (χ1v) is 6.68. The summed E-state index contributed by atoms with van der Waals surface area (Å²) in [5, 5.41) is 9.03. The maximum Gasteiger partial charge on any atom is 0.339 e. The third-order valence-corrected chi connectivity index (χ3v) is 2.79. The quantitative estimate of drug-likeness (QED) is 0.747. The molecule has 0 unspecified atom stereocenters. The topological polar surface area (TPSA) is 55.8 Å². The molecule has 0 bridgehead atoms. The average molecular weight is 317 g/mol. The second kappa shape index (κ2) is 8.11. The lowest BCUT2D eigenvalue weighted by molar-refractivity contribution is 0.0684. The van der Waals surface area contributed by atoms with E-state index in [4.69, 9.17) is 14.6 Å². The fourth-order valence-electron chi connectivity index (χ4n) is 1.35. The van der Waals surface area contributed by atoms with Crippen molar-refractivity contribution in [3.63, 3.8) is 0 Å². The van der Waals surface area contributed by atoms with Crippen LogP contribution >= 0.6 is 15.9 Å². The van der Waals surface area contributed by atoms with Gasteiger partial charge in [-0.2, -0.15) is 0 Å². The smallest absolute Gasteiger partial charge is 0.339 e. The summed E-state index contributed by atoms with van der Waals surface area (Å²) in [5.41, 5.74) is 0.151. The zero-order valence-corrected chi connectivity index (χ0v) is 11.9. The zero-order valence-electron chi connectivity index (χ0n) is 10.3. The molecular formula is C13H17BrO4. The number of carboxylic acids is 1. The van der Waals surface area contributed by atoms with Gasteiger partial charge in [-0.25, -0.2) is 4.79 Å². The van der Waals surface area contributed by atoms with Crippen LogP contribution in [0.3, 0.4) is 0 Å². The molecule has 18 heavy (non-hydrogen) atoms. The molecule has 0 heterocycles. The van der Waals surface area contributed by atoms with Gasteiger partial charge in [0.1, 0.15) is 17.9 Å². The van der Waals surface area contributed by atoms with Crippen molar-refractivity contribution in [1.82, 2.24) is 0 Å². The first-order chi connectivity index (χ1) is 8.65. The molecule has 1 rings (SSSR count). The number of carboxylic acid groups (broad SMARTS) is 1. The molecule has 1 N–H and O–H groups in total. The van der Waals surface area contributed by atoms with E-state index in [0.717, 1.165) is 12.8 Å². The number of unbranched alkanes of at least 4 members (excludes halogenated alkanes) is 1. The molecular weight excluding hydrogens is 300 g/mol. The molecule has 0 aliphatic rings. The lowest BCUT2D eigenvalue weighted by Gasteiger charge is -2.09. The van der Waals surface area contributed by atoms with Crippen molar-refractivity contribution in [1.29, 1.82) is 0 Å². The Bertz CT molecular complexity index is 393. The van der Waals surface area contributed by atoms with Crippen molar-refractivity contribution in [3.05, 3.63) is 28.2 Å². The maximum atomic E-state index is 11.0. The van der Waals surface area contributed by atoms with Crippen LogP contribution in [0, 0.1) is 0 Å². The fourth-order valence-corrected chi connectivity index (χ4v) is 1.72. The third-order valence-electron chi connectivity index (χ3n) is 2.30. The summed E-state index contributed by atoms with van der Waals surface area (Å²) in [7, 11) is 0. The summed E-state index contributed by atoms with van der Waals surface area (Å²) < 4.78 is 11.5. The van der Waals surface area contributed by atoms with Crippen LogP contribution in [0.15, 0.2) is 22.7 Å². The Kier molecular flexibility index (Phi) is 6.75. The number of halogens is 1. The molecule has 0 spiro atoms. The molecule has 0 aliphatic carbocycles. The normalized spacial score (nSPS) is 10.3. The van der Waals surface area contributed by atoms with E-state index in [9.17, 15) is 4.79 Å². The predicted octanol–water partition coefficient (Wildman–Crippen LogP) is 3.34. The monoisotopic (exact) mass is 316 g/mol. The molecule has 0 saturated carbocycles. The van der Waals surface area contributed by atoms with Gasteiger partial charge < -0.3 is 14.6 Å². The maximum absolute atomic E-state index is 11.0. The van der Waals surface area contributed by atoms with E-state index in [1.54, 1.807) is 12.1 Å². The number of carbonyl (C=O) groups is 1. The molecule has 1 aromatic carbocycles. The van der Waals surface area contributed by atoms with Crippen molar-refractivity contribution in [2.24, 2.45) is 0 Å². The Balaban J connectivity index is 2.44. The van der Waals surface area contributed by atoms with E-state index < -0.39 is 5.97 Å². The second-order valence-corrected chi connectivity index (χ2v) is 4.68. The number of rotatable bonds is 8. The molecule has 0 fully saturated rings. The molecule has 4 nitrogen and oxygen atoms in total. The highest BCUT2D eigenvalue weighted by atomic mass is 79.9. The molecule has 0 amide bonds. The van der Waals surface area contributed by atoms with Gasteiger partial charge in [0.25, 0.3) is 0 Å². The SMILES string of the molecule is CCCCOCCOc1ccc(Br)cc1C(=O)O. The van der Waals surface area contributed by atoms with E-state index in [1.807, 2.05) is 0 Å². The molecule has 0 radical (unpaired) electrons. The first-order valence-electron chi connectivity index (χ1n) is 5.88. The number of hydrogen-bond acceptors (Lipinski definition) is 3. The van der Waals surface area contributed by atoms with E-state index in [-0.39, 0.29) is 5.56 Å². The van der Waals surface area contributed by atoms with Crippen LogP contribution in [0.5, 0.6) is 5.75 Å². The van der Waals surface area contributed by atoms with Gasteiger partial charge >= 0.3 is 5.97 Å². The van der Waals surface area contributed by atoms with E-state index in [2.05, 4.69) is 22.9 Å². The van der Waals surface area contributed by atoms with Crippen LogP contribution in [0.1, 0.15) is 30.1 Å². The Morgan fingerprint density at radius 3 is 2.78 bits per heavy atom. The van der Waals surface area contributed by atoms with Crippen LogP contribution in [0.2, 0.25) is 0 Å². The van der Waals surface area contributed by atoms with E-state index in [1.165, 1.54) is 6.07 Å². The van der Waals surface area contributed by atoms with Gasteiger partial charge in [-0.15, -0.1) is 0 Å². The van der Waals surface area contributed by atoms with Gasteiger partial charge in [0.2, 0.25) is 0 Å². The van der Waals surface area contributed by atoms with Crippen molar-refractivity contribution < 1.29 is 19.4 Å². The Hall–Kier alpha value is -1.07. The third kappa shape index (κ3) is 5.06. The van der Waals surface area contributed by atoms with Crippen LogP contribution in [0.25, 0.3) is 0 Å². The molecule has 0 aliphatic heterocycles. The highest BCUT2D eigenvalue weighted by molar-refractivity contribution is 9.10. The van der Waals surface area contributed by atoms with Crippen LogP contribution in [-0.4, -0.2) is 30.9 Å². The molecule has 0 aromatic heterocycles. The zero-order chi connectivity index (χ0) is 13.4. The summed E-state index contributed by atoms with van der Waals surface area (Å²) in [5.74, 6) is -0.636. The summed E-state index contributed by atoms with van der Waals surface area (Å²) in [6.45, 7) is 3.63. The van der Waals surface area contributed by atoms with Crippen LogP contribution in [0.4, 0.5) is 0 Å². The van der Waals surface area contributed by atoms with Crippen LogP contribution in [-0.2, 0) is 4.74 Å². The number of aromatic carboxylic acids is 1. The van der Waals surface area contributed by atoms with Gasteiger partial charge in [-0.1, -0.05) is 29.3 Å². The minimum atomic E-state index is -1.00. The Morgan fingerprint density at radius 2 is 2.11 bits per heavy atom. The van der Waals surface area contributed by atoms with Crippen LogP contribution < -0.4 is 4.74 Å². The van der Waals surface area contributed by atoms with E-state index in [0.29, 0.717) is 30.0 Å². The van der Waals surface area contributed by atoms with Gasteiger partial charge in [-0.3, -0.25) is 0 Å². The largest absolute Gasteiger partial charge is 0.490 e. The molecule has 100 valence electrons. The van der Waals surface area contributed by atoms with Crippen molar-refractivity contribution in [2.45, 2.75) is 19.8 Å². The fraction of sp³-hybridized carbons (Fsp3) is 0.462. The highest BCUT2D eigenvalue weighted by Crippen LogP contribution is 2.23. The van der Waals surface area contributed by atoms with Crippen molar-refractivity contribution in [2.75, 3.05) is 19.8 Å². The van der Waals surface area contributed by atoms with Gasteiger partial charge in [0.15, 0.2) is 0 Å². The van der Waals surface area contributed by atoms with Gasteiger partial charge in [0.05, 0.1) is 6.61 Å². The second-order valence-electron chi connectivity index (χ2n) is 3.76. The molecule has 5 heteroatoms. The summed E-state index contributed by atoms with van der Waals surface area (Å²) in [6.07, 6.45) is 2.12. The minimum absolute atomic E-state index is 0.151. The summed E-state index contributed by atoms with van der Waals surface area (Å²) in [6, 6.07) is 4.91. The number of ether oxygens (including phenoxy) is 2. The van der Waals surface area contributed by atoms with E-state index >= 15 is 0 Å². The Labute approximate surface area is 115 Å². The van der Waals surface area contributed by atoms with Gasteiger partial charge in [0, 0.05) is 11.1 Å². The molecule has 0 saturated heterocycles. The minimum Gasteiger partial charge on any atom is -0.490 e. The number of hydrogen-bond donors (Lipinski definition) is 1. The lowest BCUT2D eigenvalue weighted by Crippen LogP contribution is -2.10. The number of benzene rings is 1. The van der Waals surface area contributed by atoms with Crippen molar-refractivity contribution in [3.8, 4) is 5.75 Å². The first kappa shape index (κ1) is 15.0. The standard InChI is InChI=1S/C13H17BrO4/c1-2-3-6-17-7-8-18-12-5-4-10(14)9-11(12)13(15)16/h4-5,9H,2-3,6-8H2,1H3,(H,15,16). The molecule has 0 atom stereocenters. The van der Waals surface area contributed by atoms with Gasteiger partial charge in [-0.05, 0) is 24.6 Å². The molecule has 1 aromatic rings. The lowest BCUT2D eigenvalue weighted by atomic mass is 10.2. The average Bonchev–Trinajstić information content (AvgIpc) is 2.35. The highest BCUT2D eigenvalue weighted by Gasteiger charge is 2.11. The van der Waals surface area contributed by atoms with Crippen molar-refractivity contribution >= 4 is 21.9 Å². The summed E-state index contributed by atoms with van der Waals surface area (Å²) in [4.78, 5) is 11.0. The Morgan fingerprint density at radius 1 is 1.33 bits per heavy atom.